The highest BCUT2D eigenvalue weighted by Crippen LogP contribution is 2.26. The van der Waals surface area contributed by atoms with Crippen molar-refractivity contribution < 1.29 is 9.53 Å². The van der Waals surface area contributed by atoms with E-state index in [1.54, 1.807) is 6.33 Å². The van der Waals surface area contributed by atoms with Gasteiger partial charge in [0.05, 0.1) is 18.6 Å². The lowest BCUT2D eigenvalue weighted by Crippen LogP contribution is -2.48. The fraction of sp³-hybridized carbons (Fsp3) is 0.353. The Morgan fingerprint density at radius 3 is 2.78 bits per heavy atom. The number of rotatable bonds is 2. The Hall–Kier alpha value is -2.47. The molecule has 118 valence electrons. The van der Waals surface area contributed by atoms with E-state index in [0.29, 0.717) is 12.3 Å². The van der Waals surface area contributed by atoms with Crippen LogP contribution in [-0.2, 0) is 9.53 Å². The summed E-state index contributed by atoms with van der Waals surface area (Å²) < 4.78 is 7.44. The Labute approximate surface area is 134 Å². The zero-order valence-corrected chi connectivity index (χ0v) is 13.0. The molecule has 1 atom stereocenters. The lowest BCUT2D eigenvalue weighted by atomic mass is 10.0. The number of carbonyl (C=O) groups is 1. The van der Waals surface area contributed by atoms with Crippen LogP contribution in [0.15, 0.2) is 41.8 Å². The van der Waals surface area contributed by atoms with Crippen LogP contribution < -0.4 is 5.32 Å². The molecule has 2 aromatic rings. The van der Waals surface area contributed by atoms with E-state index in [1.165, 1.54) is 0 Å². The molecule has 1 spiro atoms. The van der Waals surface area contributed by atoms with E-state index in [0.717, 1.165) is 36.4 Å². The van der Waals surface area contributed by atoms with Gasteiger partial charge in [-0.1, -0.05) is 12.1 Å². The summed E-state index contributed by atoms with van der Waals surface area (Å²) in [6, 6.07) is 7.78. The van der Waals surface area contributed by atoms with Crippen LogP contribution in [-0.4, -0.2) is 40.0 Å². The number of carbonyl (C=O) groups excluding carboxylic acids is 1. The Kier molecular flexibility index (Phi) is 3.27. The summed E-state index contributed by atoms with van der Waals surface area (Å²) in [7, 11) is 0. The van der Waals surface area contributed by atoms with Crippen LogP contribution in [0.4, 0.5) is 0 Å². The monoisotopic (exact) mass is 310 g/mol. The maximum Gasteiger partial charge on any atom is 0.272 e. The molecule has 0 aliphatic carbocycles. The molecule has 1 N–H and O–H groups in total. The fourth-order valence-electron chi connectivity index (χ4n) is 3.08. The topological polar surface area (TPSA) is 68.5 Å². The third-order valence-electron chi connectivity index (χ3n) is 4.26. The fourth-order valence-corrected chi connectivity index (χ4v) is 3.08. The highest BCUT2D eigenvalue weighted by molar-refractivity contribution is 6.46. The lowest BCUT2D eigenvalue weighted by molar-refractivity contribution is -0.116. The molecule has 1 unspecified atom stereocenters. The molecular formula is C17H18N4O2. The Bertz CT molecular complexity index is 770. The second kappa shape index (κ2) is 5.31. The van der Waals surface area contributed by atoms with Gasteiger partial charge in [0.1, 0.15) is 5.71 Å². The third kappa shape index (κ3) is 2.55. The van der Waals surface area contributed by atoms with Gasteiger partial charge in [-0.15, -0.1) is 0 Å². The van der Waals surface area contributed by atoms with Crippen LogP contribution in [0.3, 0.4) is 0 Å². The average molecular weight is 310 g/mol. The summed E-state index contributed by atoms with van der Waals surface area (Å²) in [6.45, 7) is 3.14. The average Bonchev–Trinajstić information content (AvgIpc) is 3.12. The number of nitrogens with zero attached hydrogens (tertiary/aromatic N) is 3. The van der Waals surface area contributed by atoms with Gasteiger partial charge in [0.15, 0.2) is 5.66 Å². The number of benzene rings is 1. The van der Waals surface area contributed by atoms with Crippen molar-refractivity contribution in [1.29, 1.82) is 0 Å². The maximum absolute atomic E-state index is 12.3. The van der Waals surface area contributed by atoms with Gasteiger partial charge in [0, 0.05) is 24.1 Å². The molecule has 1 aromatic carbocycles. The summed E-state index contributed by atoms with van der Waals surface area (Å²) in [6.07, 6.45) is 5.48. The number of amides is 1. The number of aliphatic imine (C=N–C) groups is 1. The molecule has 0 radical (unpaired) electrons. The standard InChI is InChI=1S/C17H18N4O2/c1-12-9-21(11-18-12)14-5-3-13(4-6-14)15-16(22)20-17(19-15)7-2-8-23-10-17/h3-6,9,11H,2,7-8,10H2,1H3,(H,20,22). The van der Waals surface area contributed by atoms with Gasteiger partial charge >= 0.3 is 0 Å². The summed E-state index contributed by atoms with van der Waals surface area (Å²) in [5, 5.41) is 2.98. The van der Waals surface area contributed by atoms with E-state index in [1.807, 2.05) is 42.0 Å². The quantitative estimate of drug-likeness (QED) is 0.916. The Morgan fingerprint density at radius 1 is 1.30 bits per heavy atom. The first-order valence-corrected chi connectivity index (χ1v) is 7.77. The minimum atomic E-state index is -0.565. The molecule has 0 bridgehead atoms. The van der Waals surface area contributed by atoms with Gasteiger partial charge in [-0.2, -0.15) is 0 Å². The van der Waals surface area contributed by atoms with Gasteiger partial charge < -0.3 is 14.6 Å². The van der Waals surface area contributed by atoms with Crippen molar-refractivity contribution in [2.45, 2.75) is 25.4 Å². The molecule has 1 amide bonds. The molecule has 0 saturated carbocycles. The zero-order chi connectivity index (χ0) is 15.9. The second-order valence-corrected chi connectivity index (χ2v) is 6.07. The predicted molar refractivity (Wildman–Crippen MR) is 85.8 cm³/mol. The Morgan fingerprint density at radius 2 is 2.13 bits per heavy atom. The molecular weight excluding hydrogens is 292 g/mol. The van der Waals surface area contributed by atoms with Gasteiger partial charge in [0.25, 0.3) is 5.91 Å². The summed E-state index contributed by atoms with van der Waals surface area (Å²) in [5.41, 5.74) is 2.72. The van der Waals surface area contributed by atoms with Gasteiger partial charge in [-0.05, 0) is 31.9 Å². The number of aromatic nitrogens is 2. The molecule has 6 nitrogen and oxygen atoms in total. The van der Waals surface area contributed by atoms with E-state index in [-0.39, 0.29) is 5.91 Å². The van der Waals surface area contributed by atoms with Crippen LogP contribution in [0.2, 0.25) is 0 Å². The number of aryl methyl sites for hydroxylation is 1. The molecule has 3 heterocycles. The zero-order valence-electron chi connectivity index (χ0n) is 13.0. The van der Waals surface area contributed by atoms with Crippen molar-refractivity contribution in [3.63, 3.8) is 0 Å². The number of nitrogens with one attached hydrogen (secondary N) is 1. The van der Waals surface area contributed by atoms with Gasteiger partial charge in [-0.3, -0.25) is 4.79 Å². The molecule has 4 rings (SSSR count). The van der Waals surface area contributed by atoms with Crippen LogP contribution in [0.5, 0.6) is 0 Å². The SMILES string of the molecule is Cc1cn(-c2ccc(C3=NC4(CCCOC4)NC3=O)cc2)cn1. The third-order valence-corrected chi connectivity index (χ3v) is 4.26. The molecule has 23 heavy (non-hydrogen) atoms. The van der Waals surface area contributed by atoms with E-state index in [2.05, 4.69) is 15.3 Å². The lowest BCUT2D eigenvalue weighted by Gasteiger charge is -2.30. The van der Waals surface area contributed by atoms with Crippen LogP contribution in [0.1, 0.15) is 24.1 Å². The van der Waals surface area contributed by atoms with Gasteiger partial charge in [-0.25, -0.2) is 9.98 Å². The molecule has 1 aromatic heterocycles. The maximum atomic E-state index is 12.3. The minimum absolute atomic E-state index is 0.123. The van der Waals surface area contributed by atoms with Crippen molar-refractivity contribution in [3.8, 4) is 5.69 Å². The molecule has 2 aliphatic rings. The summed E-state index contributed by atoms with van der Waals surface area (Å²) in [4.78, 5) is 21.2. The van der Waals surface area contributed by atoms with E-state index < -0.39 is 5.66 Å². The largest absolute Gasteiger partial charge is 0.377 e. The van der Waals surface area contributed by atoms with Crippen molar-refractivity contribution in [3.05, 3.63) is 48.0 Å². The highest BCUT2D eigenvalue weighted by Gasteiger charge is 2.41. The van der Waals surface area contributed by atoms with E-state index >= 15 is 0 Å². The Balaban J connectivity index is 1.62. The van der Waals surface area contributed by atoms with E-state index in [4.69, 9.17) is 4.74 Å². The first kappa shape index (κ1) is 14.1. The first-order valence-electron chi connectivity index (χ1n) is 7.77. The first-order chi connectivity index (χ1) is 11.2. The number of ether oxygens (including phenoxy) is 1. The minimum Gasteiger partial charge on any atom is -0.377 e. The van der Waals surface area contributed by atoms with Gasteiger partial charge in [0.2, 0.25) is 0 Å². The van der Waals surface area contributed by atoms with E-state index in [9.17, 15) is 4.79 Å². The summed E-state index contributed by atoms with van der Waals surface area (Å²) in [5.74, 6) is -0.123. The number of hydrogen-bond acceptors (Lipinski definition) is 4. The normalized spacial score (nSPS) is 23.9. The smallest absolute Gasteiger partial charge is 0.272 e. The number of imidazole rings is 1. The van der Waals surface area contributed by atoms with Crippen LogP contribution in [0, 0.1) is 6.92 Å². The highest BCUT2D eigenvalue weighted by atomic mass is 16.5. The van der Waals surface area contributed by atoms with Crippen molar-refractivity contribution in [1.82, 2.24) is 14.9 Å². The number of hydrogen-bond donors (Lipinski definition) is 1. The summed E-state index contributed by atoms with van der Waals surface area (Å²) >= 11 is 0. The van der Waals surface area contributed by atoms with Crippen molar-refractivity contribution >= 4 is 11.6 Å². The van der Waals surface area contributed by atoms with Crippen molar-refractivity contribution in [2.75, 3.05) is 13.2 Å². The van der Waals surface area contributed by atoms with Crippen molar-refractivity contribution in [2.24, 2.45) is 4.99 Å². The second-order valence-electron chi connectivity index (χ2n) is 6.07. The molecule has 1 fully saturated rings. The molecule has 6 heteroatoms. The molecule has 1 saturated heterocycles. The van der Waals surface area contributed by atoms with Crippen LogP contribution >= 0.6 is 0 Å². The molecule has 2 aliphatic heterocycles. The van der Waals surface area contributed by atoms with Crippen LogP contribution in [0.25, 0.3) is 5.69 Å². The predicted octanol–water partition coefficient (Wildman–Crippen LogP) is 1.61.